The summed E-state index contributed by atoms with van der Waals surface area (Å²) in [6.07, 6.45) is 2.87. The third kappa shape index (κ3) is 4.99. The molecule has 2 heterocycles. The number of para-hydroxylation sites is 1. The Hall–Kier alpha value is -3.06. The molecule has 0 saturated carbocycles. The van der Waals surface area contributed by atoms with Crippen molar-refractivity contribution in [1.82, 2.24) is 4.90 Å². The smallest absolute Gasteiger partial charge is 0.340 e. The van der Waals surface area contributed by atoms with Crippen molar-refractivity contribution in [3.8, 4) is 11.5 Å². The molecule has 4 rings (SSSR count). The fourth-order valence-electron chi connectivity index (χ4n) is 4.13. The molecule has 7 heteroatoms. The van der Waals surface area contributed by atoms with Crippen molar-refractivity contribution in [2.24, 2.45) is 0 Å². The minimum absolute atomic E-state index is 0.142. The molecule has 2 aromatic carbocycles. The van der Waals surface area contributed by atoms with Gasteiger partial charge in [0.1, 0.15) is 0 Å². The van der Waals surface area contributed by atoms with Gasteiger partial charge in [0, 0.05) is 12.5 Å². The number of hydrogen-bond donors (Lipinski definition) is 1. The minimum atomic E-state index is -0.440. The Morgan fingerprint density at radius 2 is 1.90 bits per heavy atom. The van der Waals surface area contributed by atoms with E-state index in [4.69, 9.17) is 14.2 Å². The number of likely N-dealkylation sites (tertiary alicyclic amines) is 1. The van der Waals surface area contributed by atoms with Crippen molar-refractivity contribution in [3.05, 3.63) is 53.6 Å². The fourth-order valence-corrected chi connectivity index (χ4v) is 4.13. The van der Waals surface area contributed by atoms with Crippen LogP contribution in [0, 0.1) is 0 Å². The summed E-state index contributed by atoms with van der Waals surface area (Å²) in [5, 5.41) is 2.88. The van der Waals surface area contributed by atoms with Crippen LogP contribution in [0.3, 0.4) is 0 Å². The molecule has 2 aromatic rings. The van der Waals surface area contributed by atoms with Gasteiger partial charge >= 0.3 is 5.97 Å². The number of esters is 1. The van der Waals surface area contributed by atoms with Gasteiger partial charge in [-0.15, -0.1) is 0 Å². The fraction of sp³-hybridized carbons (Fsp3) is 0.417. The lowest BCUT2D eigenvalue weighted by atomic mass is 10.0. The molecular formula is C24H28N2O5. The second-order valence-electron chi connectivity index (χ2n) is 7.70. The molecule has 1 amide bonds. The van der Waals surface area contributed by atoms with E-state index in [2.05, 4.69) is 16.3 Å². The number of fused-ring (bicyclic) bond motifs is 1. The van der Waals surface area contributed by atoms with E-state index in [1.165, 1.54) is 0 Å². The number of hydrogen-bond acceptors (Lipinski definition) is 6. The van der Waals surface area contributed by atoms with E-state index in [1.54, 1.807) is 31.2 Å². The van der Waals surface area contributed by atoms with Gasteiger partial charge in [0.25, 0.3) is 0 Å². The van der Waals surface area contributed by atoms with Crippen LogP contribution in [0.1, 0.15) is 48.1 Å². The van der Waals surface area contributed by atoms with Gasteiger partial charge in [-0.25, -0.2) is 4.79 Å². The molecule has 2 aliphatic rings. The molecule has 1 N–H and O–H groups in total. The van der Waals surface area contributed by atoms with Gasteiger partial charge in [-0.05, 0) is 56.1 Å². The van der Waals surface area contributed by atoms with E-state index in [-0.39, 0.29) is 25.1 Å². The number of ether oxygens (including phenoxy) is 3. The Labute approximate surface area is 182 Å². The van der Waals surface area contributed by atoms with Crippen LogP contribution in [-0.4, -0.2) is 49.7 Å². The normalized spacial score (nSPS) is 18.3. The molecule has 0 bridgehead atoms. The molecule has 0 aliphatic carbocycles. The number of benzene rings is 2. The molecule has 0 spiro atoms. The molecule has 7 nitrogen and oxygen atoms in total. The summed E-state index contributed by atoms with van der Waals surface area (Å²) in [6, 6.07) is 13.1. The van der Waals surface area contributed by atoms with Gasteiger partial charge in [-0.1, -0.05) is 18.2 Å². The molecule has 1 atom stereocenters. The zero-order valence-electron chi connectivity index (χ0n) is 17.8. The number of carbonyl (C=O) groups is 2. The van der Waals surface area contributed by atoms with Crippen molar-refractivity contribution in [2.75, 3.05) is 38.2 Å². The molecule has 0 aromatic heterocycles. The molecule has 1 fully saturated rings. The topological polar surface area (TPSA) is 77.1 Å². The first-order valence-corrected chi connectivity index (χ1v) is 10.9. The van der Waals surface area contributed by atoms with Crippen LogP contribution in [-0.2, 0) is 9.53 Å². The summed E-state index contributed by atoms with van der Waals surface area (Å²) >= 11 is 0. The van der Waals surface area contributed by atoms with Crippen LogP contribution >= 0.6 is 0 Å². The highest BCUT2D eigenvalue weighted by Crippen LogP contribution is 2.37. The van der Waals surface area contributed by atoms with Crippen molar-refractivity contribution < 1.29 is 23.8 Å². The quantitative estimate of drug-likeness (QED) is 0.711. The van der Waals surface area contributed by atoms with Gasteiger partial charge in [0.15, 0.2) is 11.5 Å². The lowest BCUT2D eigenvalue weighted by molar-refractivity contribution is -0.117. The molecule has 1 saturated heterocycles. The van der Waals surface area contributed by atoms with Crippen LogP contribution in [0.2, 0.25) is 0 Å². The predicted octanol–water partition coefficient (Wildman–Crippen LogP) is 3.80. The zero-order valence-corrected chi connectivity index (χ0v) is 17.8. The maximum atomic E-state index is 12.8. The predicted molar refractivity (Wildman–Crippen MR) is 117 cm³/mol. The highest BCUT2D eigenvalue weighted by atomic mass is 16.5. The van der Waals surface area contributed by atoms with Crippen molar-refractivity contribution >= 4 is 17.6 Å². The molecule has 0 unspecified atom stereocenters. The van der Waals surface area contributed by atoms with Crippen LogP contribution in [0.25, 0.3) is 0 Å². The highest BCUT2D eigenvalue weighted by molar-refractivity contribution is 6.01. The highest BCUT2D eigenvalue weighted by Gasteiger charge is 2.29. The summed E-state index contributed by atoms with van der Waals surface area (Å²) in [4.78, 5) is 27.1. The maximum absolute atomic E-state index is 12.8. The second kappa shape index (κ2) is 9.83. The van der Waals surface area contributed by atoms with E-state index in [0.717, 1.165) is 42.9 Å². The molecule has 31 heavy (non-hydrogen) atoms. The summed E-state index contributed by atoms with van der Waals surface area (Å²) < 4.78 is 16.7. The molecule has 0 radical (unpaired) electrons. The van der Waals surface area contributed by atoms with Crippen LogP contribution < -0.4 is 14.8 Å². The Balaban J connectivity index is 1.44. The van der Waals surface area contributed by atoms with E-state index in [0.29, 0.717) is 24.5 Å². The summed E-state index contributed by atoms with van der Waals surface area (Å²) in [5.74, 6) is 0.955. The Kier molecular flexibility index (Phi) is 6.72. The van der Waals surface area contributed by atoms with Crippen LogP contribution in [0.5, 0.6) is 11.5 Å². The average molecular weight is 424 g/mol. The molecule has 2 aliphatic heterocycles. The standard InChI is InChI=1S/C24H28N2O5/c1-2-29-24(28)18-7-3-4-8-19(18)25-23(27)16-26-12-5-9-20(26)17-10-11-21-22(15-17)31-14-6-13-30-21/h3-4,7-8,10-11,15,20H,2,5-6,9,12-14,16H2,1H3,(H,25,27)/t20-/m0/s1. The van der Waals surface area contributed by atoms with Gasteiger partial charge in [-0.3, -0.25) is 9.69 Å². The summed E-state index contributed by atoms with van der Waals surface area (Å²) in [6.45, 7) is 4.43. The van der Waals surface area contributed by atoms with Crippen LogP contribution in [0.15, 0.2) is 42.5 Å². The largest absolute Gasteiger partial charge is 0.490 e. The number of amides is 1. The summed E-state index contributed by atoms with van der Waals surface area (Å²) in [7, 11) is 0. The zero-order chi connectivity index (χ0) is 21.6. The van der Waals surface area contributed by atoms with E-state index in [9.17, 15) is 9.59 Å². The Morgan fingerprint density at radius 3 is 2.74 bits per heavy atom. The van der Waals surface area contributed by atoms with E-state index >= 15 is 0 Å². The first-order valence-electron chi connectivity index (χ1n) is 10.9. The van der Waals surface area contributed by atoms with Gasteiger partial charge in [0.05, 0.1) is 37.6 Å². The van der Waals surface area contributed by atoms with Crippen LogP contribution in [0.4, 0.5) is 5.69 Å². The first kappa shape index (κ1) is 21.2. The minimum Gasteiger partial charge on any atom is -0.490 e. The maximum Gasteiger partial charge on any atom is 0.340 e. The van der Waals surface area contributed by atoms with Gasteiger partial charge < -0.3 is 19.5 Å². The lowest BCUT2D eigenvalue weighted by Crippen LogP contribution is -2.33. The monoisotopic (exact) mass is 424 g/mol. The number of anilines is 1. The van der Waals surface area contributed by atoms with Gasteiger partial charge in [-0.2, -0.15) is 0 Å². The average Bonchev–Trinajstić information content (AvgIpc) is 3.09. The first-order chi connectivity index (χ1) is 15.2. The lowest BCUT2D eigenvalue weighted by Gasteiger charge is -2.25. The number of carbonyl (C=O) groups excluding carboxylic acids is 2. The Morgan fingerprint density at radius 1 is 1.10 bits per heavy atom. The number of nitrogens with one attached hydrogen (secondary N) is 1. The Bertz CT molecular complexity index is 945. The number of rotatable bonds is 6. The van der Waals surface area contributed by atoms with E-state index < -0.39 is 5.97 Å². The van der Waals surface area contributed by atoms with Crippen molar-refractivity contribution in [2.45, 2.75) is 32.2 Å². The SMILES string of the molecule is CCOC(=O)c1ccccc1NC(=O)CN1CCC[C@H]1c1ccc2c(c1)OCCCO2. The third-order valence-electron chi connectivity index (χ3n) is 5.56. The molecular weight excluding hydrogens is 396 g/mol. The van der Waals surface area contributed by atoms with E-state index in [1.807, 2.05) is 12.1 Å². The summed E-state index contributed by atoms with van der Waals surface area (Å²) in [5.41, 5.74) is 1.96. The second-order valence-corrected chi connectivity index (χ2v) is 7.70. The van der Waals surface area contributed by atoms with Crippen molar-refractivity contribution in [1.29, 1.82) is 0 Å². The number of nitrogens with zero attached hydrogens (tertiary/aromatic N) is 1. The van der Waals surface area contributed by atoms with Crippen molar-refractivity contribution in [3.63, 3.8) is 0 Å². The molecule has 164 valence electrons. The third-order valence-corrected chi connectivity index (χ3v) is 5.56. The van der Waals surface area contributed by atoms with Gasteiger partial charge in [0.2, 0.25) is 5.91 Å².